The van der Waals surface area contributed by atoms with Gasteiger partial charge in [0.25, 0.3) is 0 Å². The maximum atomic E-state index is 11.3. The molecule has 1 amide bonds. The first-order valence-corrected chi connectivity index (χ1v) is 7.43. The molecule has 122 valence electrons. The Morgan fingerprint density at radius 2 is 2.00 bits per heavy atom. The fourth-order valence-corrected chi connectivity index (χ4v) is 2.54. The third kappa shape index (κ3) is 3.08. The summed E-state index contributed by atoms with van der Waals surface area (Å²) in [5, 5.41) is 0. The van der Waals surface area contributed by atoms with Crippen LogP contribution in [0.1, 0.15) is 15.9 Å². The lowest BCUT2D eigenvalue weighted by Crippen LogP contribution is -2.10. The Morgan fingerprint density at radius 3 is 2.75 bits per heavy atom. The molecule has 0 aliphatic rings. The van der Waals surface area contributed by atoms with Gasteiger partial charge in [-0.25, -0.2) is 4.98 Å². The molecule has 0 aliphatic heterocycles. The van der Waals surface area contributed by atoms with Crippen molar-refractivity contribution in [1.29, 1.82) is 0 Å². The molecule has 0 bridgehead atoms. The van der Waals surface area contributed by atoms with Gasteiger partial charge in [0.05, 0.1) is 19.3 Å². The second-order valence-corrected chi connectivity index (χ2v) is 5.37. The van der Waals surface area contributed by atoms with Crippen molar-refractivity contribution in [3.8, 4) is 17.0 Å². The maximum Gasteiger partial charge on any atom is 0.248 e. The number of hydrogen-bond donors (Lipinski definition) is 2. The largest absolute Gasteiger partial charge is 0.496 e. The van der Waals surface area contributed by atoms with E-state index in [9.17, 15) is 4.79 Å². The molecule has 6 nitrogen and oxygen atoms in total. The van der Waals surface area contributed by atoms with Crippen molar-refractivity contribution >= 4 is 11.9 Å². The van der Waals surface area contributed by atoms with Crippen LogP contribution in [0.2, 0.25) is 0 Å². The lowest BCUT2D eigenvalue weighted by Gasteiger charge is -2.09. The Labute approximate surface area is 139 Å². The van der Waals surface area contributed by atoms with Crippen LogP contribution in [-0.2, 0) is 6.54 Å². The van der Waals surface area contributed by atoms with E-state index in [2.05, 4.69) is 4.98 Å². The highest BCUT2D eigenvalue weighted by Gasteiger charge is 2.11. The van der Waals surface area contributed by atoms with E-state index in [1.165, 1.54) is 0 Å². The second kappa shape index (κ2) is 6.45. The summed E-state index contributed by atoms with van der Waals surface area (Å²) in [7, 11) is 1.64. The monoisotopic (exact) mass is 322 g/mol. The Bertz CT molecular complexity index is 886. The van der Waals surface area contributed by atoms with E-state index >= 15 is 0 Å². The normalized spacial score (nSPS) is 10.5. The smallest absolute Gasteiger partial charge is 0.248 e. The molecule has 0 saturated heterocycles. The van der Waals surface area contributed by atoms with Crippen LogP contribution in [0, 0.1) is 0 Å². The summed E-state index contributed by atoms with van der Waals surface area (Å²) in [5.41, 5.74) is 14.3. The van der Waals surface area contributed by atoms with Gasteiger partial charge in [0.1, 0.15) is 5.75 Å². The lowest BCUT2D eigenvalue weighted by atomic mass is 10.1. The first-order chi connectivity index (χ1) is 11.6. The first-order valence-electron chi connectivity index (χ1n) is 7.43. The Hall–Kier alpha value is -3.28. The summed E-state index contributed by atoms with van der Waals surface area (Å²) in [6.45, 7) is 0.540. The van der Waals surface area contributed by atoms with Gasteiger partial charge in [-0.1, -0.05) is 30.3 Å². The number of para-hydroxylation sites is 1. The van der Waals surface area contributed by atoms with Crippen molar-refractivity contribution in [2.24, 2.45) is 5.73 Å². The van der Waals surface area contributed by atoms with Crippen molar-refractivity contribution in [3.63, 3.8) is 0 Å². The van der Waals surface area contributed by atoms with Crippen LogP contribution in [0.5, 0.6) is 5.75 Å². The molecule has 3 aromatic rings. The molecule has 0 unspecified atom stereocenters. The predicted octanol–water partition coefficient (Wildman–Crippen LogP) is 2.29. The van der Waals surface area contributed by atoms with Gasteiger partial charge in [0, 0.05) is 22.9 Å². The molecule has 1 heterocycles. The minimum Gasteiger partial charge on any atom is -0.496 e. The van der Waals surface area contributed by atoms with Gasteiger partial charge in [-0.2, -0.15) is 0 Å². The highest BCUT2D eigenvalue weighted by molar-refractivity contribution is 5.94. The molecular weight excluding hydrogens is 304 g/mol. The van der Waals surface area contributed by atoms with E-state index in [0.29, 0.717) is 23.8 Å². The molecule has 0 saturated carbocycles. The summed E-state index contributed by atoms with van der Waals surface area (Å²) in [6.07, 6.45) is 1.85. The van der Waals surface area contributed by atoms with Crippen molar-refractivity contribution in [2.75, 3.05) is 12.8 Å². The number of nitrogens with two attached hydrogens (primary N) is 2. The molecule has 24 heavy (non-hydrogen) atoms. The number of nitrogen functional groups attached to an aromatic ring is 1. The van der Waals surface area contributed by atoms with Gasteiger partial charge in [0.15, 0.2) is 0 Å². The number of amides is 1. The van der Waals surface area contributed by atoms with Crippen molar-refractivity contribution in [2.45, 2.75) is 6.54 Å². The fraction of sp³-hybridized carbons (Fsp3) is 0.111. The molecule has 0 radical (unpaired) electrons. The van der Waals surface area contributed by atoms with Gasteiger partial charge in [-0.3, -0.25) is 4.79 Å². The van der Waals surface area contributed by atoms with Crippen LogP contribution < -0.4 is 16.2 Å². The zero-order valence-corrected chi connectivity index (χ0v) is 13.3. The number of rotatable bonds is 5. The predicted molar refractivity (Wildman–Crippen MR) is 92.7 cm³/mol. The van der Waals surface area contributed by atoms with E-state index in [-0.39, 0.29) is 0 Å². The van der Waals surface area contributed by atoms with E-state index in [0.717, 1.165) is 16.9 Å². The number of ether oxygens (including phenoxy) is 1. The zero-order valence-electron chi connectivity index (χ0n) is 13.3. The quantitative estimate of drug-likeness (QED) is 0.753. The average molecular weight is 322 g/mol. The van der Waals surface area contributed by atoms with Crippen LogP contribution in [-0.4, -0.2) is 22.6 Å². The summed E-state index contributed by atoms with van der Waals surface area (Å²) in [5.74, 6) is 0.710. The van der Waals surface area contributed by atoms with Gasteiger partial charge in [-0.15, -0.1) is 0 Å². The van der Waals surface area contributed by atoms with Crippen LogP contribution >= 0.6 is 0 Å². The van der Waals surface area contributed by atoms with E-state index in [4.69, 9.17) is 16.2 Å². The number of primary amides is 1. The molecule has 1 aromatic heterocycles. The number of methoxy groups -OCH3 is 1. The highest BCUT2D eigenvalue weighted by atomic mass is 16.5. The number of carbonyl (C=O) groups is 1. The first kappa shape index (κ1) is 15.6. The van der Waals surface area contributed by atoms with Gasteiger partial charge < -0.3 is 20.8 Å². The Morgan fingerprint density at radius 1 is 1.21 bits per heavy atom. The minimum atomic E-state index is -0.474. The lowest BCUT2D eigenvalue weighted by molar-refractivity contribution is 0.100. The van der Waals surface area contributed by atoms with E-state index in [1.54, 1.807) is 25.3 Å². The molecule has 0 aliphatic carbocycles. The highest BCUT2D eigenvalue weighted by Crippen LogP contribution is 2.24. The molecule has 2 aromatic carbocycles. The third-order valence-electron chi connectivity index (χ3n) is 3.78. The van der Waals surface area contributed by atoms with E-state index < -0.39 is 5.91 Å². The third-order valence-corrected chi connectivity index (χ3v) is 3.78. The van der Waals surface area contributed by atoms with Crippen LogP contribution in [0.3, 0.4) is 0 Å². The second-order valence-electron chi connectivity index (χ2n) is 5.37. The number of aromatic nitrogens is 2. The summed E-state index contributed by atoms with van der Waals surface area (Å²) < 4.78 is 7.20. The molecule has 6 heteroatoms. The molecule has 3 rings (SSSR count). The van der Waals surface area contributed by atoms with E-state index in [1.807, 2.05) is 41.1 Å². The summed E-state index contributed by atoms with van der Waals surface area (Å²) >= 11 is 0. The van der Waals surface area contributed by atoms with Crippen molar-refractivity contribution in [3.05, 3.63) is 65.9 Å². The SMILES string of the molecule is COc1ccccc1Cn1cc(-c2cccc(C(N)=O)c2)nc1N. The summed E-state index contributed by atoms with van der Waals surface area (Å²) in [6, 6.07) is 14.7. The minimum absolute atomic E-state index is 0.389. The zero-order chi connectivity index (χ0) is 17.1. The standard InChI is InChI=1S/C18H18N4O2/c1-24-16-8-3-2-5-14(16)10-22-11-15(21-18(22)20)12-6-4-7-13(9-12)17(19)23/h2-9,11H,10H2,1H3,(H2,19,23)(H2,20,21). The number of nitrogens with zero attached hydrogens (tertiary/aromatic N) is 2. The fourth-order valence-electron chi connectivity index (χ4n) is 2.54. The molecule has 0 atom stereocenters. The Kier molecular flexibility index (Phi) is 4.20. The average Bonchev–Trinajstić information content (AvgIpc) is 2.96. The van der Waals surface area contributed by atoms with Gasteiger partial charge in [-0.05, 0) is 18.2 Å². The van der Waals surface area contributed by atoms with Crippen LogP contribution in [0.15, 0.2) is 54.7 Å². The molecule has 0 spiro atoms. The number of benzene rings is 2. The van der Waals surface area contributed by atoms with Gasteiger partial charge in [0.2, 0.25) is 11.9 Å². The molecular formula is C18H18N4O2. The van der Waals surface area contributed by atoms with Crippen molar-refractivity contribution in [1.82, 2.24) is 9.55 Å². The summed E-state index contributed by atoms with van der Waals surface area (Å²) in [4.78, 5) is 15.7. The van der Waals surface area contributed by atoms with Crippen LogP contribution in [0.4, 0.5) is 5.95 Å². The topological polar surface area (TPSA) is 96.2 Å². The van der Waals surface area contributed by atoms with Gasteiger partial charge >= 0.3 is 0 Å². The van der Waals surface area contributed by atoms with Crippen LogP contribution in [0.25, 0.3) is 11.3 Å². The Balaban J connectivity index is 1.93. The van der Waals surface area contributed by atoms with Crippen molar-refractivity contribution < 1.29 is 9.53 Å². The number of hydrogen-bond acceptors (Lipinski definition) is 4. The number of imidazole rings is 1. The number of anilines is 1. The molecule has 4 N–H and O–H groups in total. The number of carbonyl (C=O) groups excluding carboxylic acids is 1. The molecule has 0 fully saturated rings. The maximum absolute atomic E-state index is 11.3.